The van der Waals surface area contributed by atoms with Gasteiger partial charge >= 0.3 is 0 Å². The summed E-state index contributed by atoms with van der Waals surface area (Å²) >= 11 is 0. The first-order valence-electron chi connectivity index (χ1n) is 7.57. The van der Waals surface area contributed by atoms with E-state index in [1.54, 1.807) is 10.9 Å². The SMILES string of the molecule is CN(CCn1cccn1)C(=O)[C@H]1CNC[C@@H]1c1cnn(C)c1.Cl.Cl. The molecule has 3 rings (SSSR count). The lowest BCUT2D eigenvalue weighted by atomic mass is 9.90. The van der Waals surface area contributed by atoms with Crippen molar-refractivity contribution < 1.29 is 4.79 Å². The summed E-state index contributed by atoms with van der Waals surface area (Å²) in [6.07, 6.45) is 7.53. The van der Waals surface area contributed by atoms with Gasteiger partial charge in [-0.2, -0.15) is 10.2 Å². The molecule has 0 saturated carbocycles. The van der Waals surface area contributed by atoms with E-state index >= 15 is 0 Å². The molecule has 1 aliphatic heterocycles. The van der Waals surface area contributed by atoms with Crippen LogP contribution in [0.5, 0.6) is 0 Å². The highest BCUT2D eigenvalue weighted by Gasteiger charge is 2.36. The van der Waals surface area contributed by atoms with Crippen LogP contribution in [-0.4, -0.2) is 57.1 Å². The highest BCUT2D eigenvalue weighted by molar-refractivity contribution is 5.85. The number of halogens is 2. The number of aryl methyl sites for hydroxylation is 1. The van der Waals surface area contributed by atoms with Crippen molar-refractivity contribution in [2.24, 2.45) is 13.0 Å². The monoisotopic (exact) mass is 374 g/mol. The summed E-state index contributed by atoms with van der Waals surface area (Å²) < 4.78 is 3.63. The number of hydrogen-bond donors (Lipinski definition) is 1. The summed E-state index contributed by atoms with van der Waals surface area (Å²) in [7, 11) is 3.77. The fourth-order valence-corrected chi connectivity index (χ4v) is 3.00. The highest BCUT2D eigenvalue weighted by Crippen LogP contribution is 2.29. The number of nitrogens with one attached hydrogen (secondary N) is 1. The molecule has 0 radical (unpaired) electrons. The third kappa shape index (κ3) is 4.49. The van der Waals surface area contributed by atoms with Gasteiger partial charge in [-0.05, 0) is 11.6 Å². The van der Waals surface area contributed by atoms with Crippen molar-refractivity contribution in [3.8, 4) is 0 Å². The minimum atomic E-state index is -0.0215. The molecule has 3 heterocycles. The molecule has 2 aromatic heterocycles. The minimum Gasteiger partial charge on any atom is -0.344 e. The van der Waals surface area contributed by atoms with Gasteiger partial charge in [0.15, 0.2) is 0 Å². The van der Waals surface area contributed by atoms with Crippen molar-refractivity contribution in [1.82, 2.24) is 29.8 Å². The van der Waals surface area contributed by atoms with E-state index in [9.17, 15) is 4.79 Å². The molecule has 0 spiro atoms. The Kier molecular flexibility index (Phi) is 7.72. The van der Waals surface area contributed by atoms with E-state index in [1.165, 1.54) is 0 Å². The Morgan fingerprint density at radius 3 is 2.79 bits per heavy atom. The van der Waals surface area contributed by atoms with Crippen molar-refractivity contribution in [2.45, 2.75) is 12.5 Å². The van der Waals surface area contributed by atoms with Crippen LogP contribution in [0.3, 0.4) is 0 Å². The highest BCUT2D eigenvalue weighted by atomic mass is 35.5. The van der Waals surface area contributed by atoms with Crippen LogP contribution in [-0.2, 0) is 18.4 Å². The second-order valence-corrected chi connectivity index (χ2v) is 5.85. The van der Waals surface area contributed by atoms with Crippen molar-refractivity contribution in [3.63, 3.8) is 0 Å². The molecule has 9 heteroatoms. The van der Waals surface area contributed by atoms with Gasteiger partial charge in [-0.1, -0.05) is 0 Å². The van der Waals surface area contributed by atoms with Crippen LogP contribution in [0.25, 0.3) is 0 Å². The van der Waals surface area contributed by atoms with Crippen LogP contribution in [0.1, 0.15) is 11.5 Å². The van der Waals surface area contributed by atoms with Gasteiger partial charge in [-0.15, -0.1) is 24.8 Å². The van der Waals surface area contributed by atoms with Crippen LogP contribution in [0.15, 0.2) is 30.9 Å². The van der Waals surface area contributed by atoms with Gasteiger partial charge in [0, 0.05) is 58.2 Å². The van der Waals surface area contributed by atoms with E-state index in [2.05, 4.69) is 15.5 Å². The number of carbonyl (C=O) groups is 1. The lowest BCUT2D eigenvalue weighted by Gasteiger charge is -2.24. The van der Waals surface area contributed by atoms with E-state index in [0.29, 0.717) is 13.1 Å². The van der Waals surface area contributed by atoms with E-state index in [-0.39, 0.29) is 42.6 Å². The number of amides is 1. The van der Waals surface area contributed by atoms with E-state index < -0.39 is 0 Å². The van der Waals surface area contributed by atoms with Gasteiger partial charge in [-0.3, -0.25) is 14.2 Å². The second-order valence-electron chi connectivity index (χ2n) is 5.85. The van der Waals surface area contributed by atoms with Crippen LogP contribution in [0.2, 0.25) is 0 Å². The predicted octanol–water partition coefficient (Wildman–Crippen LogP) is 0.922. The first kappa shape index (κ1) is 20.5. The Hall–Kier alpha value is -1.57. The van der Waals surface area contributed by atoms with Crippen molar-refractivity contribution in [1.29, 1.82) is 0 Å². The molecule has 0 bridgehead atoms. The van der Waals surface area contributed by atoms with Crippen molar-refractivity contribution in [2.75, 3.05) is 26.7 Å². The number of nitrogens with zero attached hydrogens (tertiary/aromatic N) is 5. The smallest absolute Gasteiger partial charge is 0.227 e. The van der Waals surface area contributed by atoms with Gasteiger partial charge < -0.3 is 10.2 Å². The van der Waals surface area contributed by atoms with Gasteiger partial charge in [0.2, 0.25) is 5.91 Å². The molecule has 1 aliphatic rings. The molecule has 24 heavy (non-hydrogen) atoms. The zero-order chi connectivity index (χ0) is 15.5. The average molecular weight is 375 g/mol. The fourth-order valence-electron chi connectivity index (χ4n) is 3.00. The lowest BCUT2D eigenvalue weighted by molar-refractivity contribution is -0.134. The number of rotatable bonds is 5. The Balaban J connectivity index is 0.00000144. The van der Waals surface area contributed by atoms with Gasteiger partial charge in [0.25, 0.3) is 0 Å². The molecule has 1 N–H and O–H groups in total. The third-order valence-corrected chi connectivity index (χ3v) is 4.28. The maximum Gasteiger partial charge on any atom is 0.227 e. The number of aromatic nitrogens is 4. The fraction of sp³-hybridized carbons (Fsp3) is 0.533. The summed E-state index contributed by atoms with van der Waals surface area (Å²) in [6, 6.07) is 1.89. The van der Waals surface area contributed by atoms with Gasteiger partial charge in [0.1, 0.15) is 0 Å². The summed E-state index contributed by atoms with van der Waals surface area (Å²) in [6.45, 7) is 2.93. The molecule has 1 amide bonds. The molecule has 0 aromatic carbocycles. The molecule has 0 aliphatic carbocycles. The molecule has 2 atom stereocenters. The van der Waals surface area contributed by atoms with Crippen molar-refractivity contribution in [3.05, 3.63) is 36.4 Å². The average Bonchev–Trinajstić information content (AvgIpc) is 3.24. The van der Waals surface area contributed by atoms with Crippen LogP contribution in [0.4, 0.5) is 0 Å². The Morgan fingerprint density at radius 2 is 2.17 bits per heavy atom. The number of carbonyl (C=O) groups excluding carboxylic acids is 1. The first-order chi connectivity index (χ1) is 10.6. The van der Waals surface area contributed by atoms with Crippen LogP contribution >= 0.6 is 24.8 Å². The van der Waals surface area contributed by atoms with E-state index in [4.69, 9.17) is 0 Å². The molecule has 1 saturated heterocycles. The van der Waals surface area contributed by atoms with Gasteiger partial charge in [0.05, 0.1) is 18.7 Å². The van der Waals surface area contributed by atoms with Crippen LogP contribution in [0, 0.1) is 5.92 Å². The van der Waals surface area contributed by atoms with E-state index in [0.717, 1.165) is 18.7 Å². The first-order valence-corrected chi connectivity index (χ1v) is 7.57. The van der Waals surface area contributed by atoms with Crippen molar-refractivity contribution >= 4 is 30.7 Å². The predicted molar refractivity (Wildman–Crippen MR) is 96.7 cm³/mol. The second kappa shape index (κ2) is 9.05. The zero-order valence-corrected chi connectivity index (χ0v) is 15.5. The summed E-state index contributed by atoms with van der Waals surface area (Å²) in [5.41, 5.74) is 1.13. The van der Waals surface area contributed by atoms with E-state index in [1.807, 2.05) is 48.3 Å². The maximum absolute atomic E-state index is 12.7. The Labute approximate surface area is 154 Å². The third-order valence-electron chi connectivity index (χ3n) is 4.28. The zero-order valence-electron chi connectivity index (χ0n) is 13.8. The molecule has 0 unspecified atom stereocenters. The largest absolute Gasteiger partial charge is 0.344 e. The molecule has 2 aromatic rings. The summed E-state index contributed by atoms with van der Waals surface area (Å²) in [4.78, 5) is 14.5. The quantitative estimate of drug-likeness (QED) is 0.844. The maximum atomic E-state index is 12.7. The normalized spacial score (nSPS) is 19.4. The molecular formula is C15H24Cl2N6O. The Bertz CT molecular complexity index is 630. The Morgan fingerprint density at radius 1 is 1.38 bits per heavy atom. The molecule has 1 fully saturated rings. The molecule has 134 valence electrons. The lowest BCUT2D eigenvalue weighted by Crippen LogP contribution is -2.37. The van der Waals surface area contributed by atoms with Gasteiger partial charge in [-0.25, -0.2) is 0 Å². The number of likely N-dealkylation sites (N-methyl/N-ethyl adjacent to an activating group) is 1. The molecule has 7 nitrogen and oxygen atoms in total. The summed E-state index contributed by atoms with van der Waals surface area (Å²) in [5.74, 6) is 0.367. The summed E-state index contributed by atoms with van der Waals surface area (Å²) in [5, 5.41) is 11.7. The standard InChI is InChI=1S/C15H22N6O.2ClH/c1-19(6-7-21-5-3-4-17-21)15(22)14-10-16-9-13(14)12-8-18-20(2)11-12;;/h3-5,8,11,13-14,16H,6-7,9-10H2,1-2H3;2*1H/t13-,14+;;/m1../s1. The minimum absolute atomic E-state index is 0. The number of hydrogen-bond acceptors (Lipinski definition) is 4. The van der Waals surface area contributed by atoms with Crippen LogP contribution < -0.4 is 5.32 Å². The topological polar surface area (TPSA) is 68.0 Å². The molecular weight excluding hydrogens is 351 g/mol.